The van der Waals surface area contributed by atoms with Crippen LogP contribution in [0.3, 0.4) is 0 Å². The molecule has 0 spiro atoms. The average Bonchev–Trinajstić information content (AvgIpc) is 2.45. The largest absolute Gasteiger partial charge is 0.394 e. The maximum Gasteiger partial charge on any atom is 0.246 e. The summed E-state index contributed by atoms with van der Waals surface area (Å²) < 4.78 is 18.9. The van der Waals surface area contributed by atoms with Gasteiger partial charge in [0.25, 0.3) is 0 Å². The first-order valence-electron chi connectivity index (χ1n) is 6.58. The minimum absolute atomic E-state index is 0.119. The molecule has 2 unspecified atom stereocenters. The van der Waals surface area contributed by atoms with E-state index < -0.39 is 0 Å². The Bertz CT molecular complexity index is 504. The van der Waals surface area contributed by atoms with Gasteiger partial charge in [0.2, 0.25) is 5.91 Å². The van der Waals surface area contributed by atoms with E-state index in [2.05, 4.69) is 0 Å². The molecular formula is C15H18FNO3. The lowest BCUT2D eigenvalue weighted by Crippen LogP contribution is -2.49. The van der Waals surface area contributed by atoms with Gasteiger partial charge >= 0.3 is 0 Å². The van der Waals surface area contributed by atoms with Crippen LogP contribution >= 0.6 is 0 Å². The highest BCUT2D eigenvalue weighted by Gasteiger charge is 2.26. The number of hydrogen-bond donors (Lipinski definition) is 1. The molecule has 20 heavy (non-hydrogen) atoms. The van der Waals surface area contributed by atoms with E-state index in [9.17, 15) is 9.18 Å². The molecule has 1 aromatic rings. The number of carbonyl (C=O) groups excluding carboxylic acids is 1. The summed E-state index contributed by atoms with van der Waals surface area (Å²) in [6.07, 6.45) is 2.34. The summed E-state index contributed by atoms with van der Waals surface area (Å²) in [6, 6.07) is 6.27. The summed E-state index contributed by atoms with van der Waals surface area (Å²) in [5.74, 6) is -0.568. The Kier molecular flexibility index (Phi) is 4.87. The number of halogens is 1. The van der Waals surface area contributed by atoms with Gasteiger partial charge < -0.3 is 14.7 Å². The van der Waals surface area contributed by atoms with Crippen LogP contribution in [0, 0.1) is 5.82 Å². The number of rotatable bonds is 3. The Morgan fingerprint density at radius 1 is 1.50 bits per heavy atom. The normalized spacial score (nSPS) is 23.2. The number of morpholine rings is 1. The first-order valence-corrected chi connectivity index (χ1v) is 6.58. The fraction of sp³-hybridized carbons (Fsp3) is 0.400. The molecule has 5 heteroatoms. The third kappa shape index (κ3) is 3.65. The van der Waals surface area contributed by atoms with Crippen molar-refractivity contribution in [3.8, 4) is 0 Å². The first kappa shape index (κ1) is 14.7. The molecule has 1 heterocycles. The molecule has 1 aliphatic rings. The number of aliphatic hydroxyl groups is 1. The number of carbonyl (C=O) groups is 1. The Balaban J connectivity index is 2.02. The minimum atomic E-state index is -0.361. The van der Waals surface area contributed by atoms with Gasteiger partial charge in [-0.15, -0.1) is 0 Å². The second-order valence-corrected chi connectivity index (χ2v) is 4.85. The van der Waals surface area contributed by atoms with Gasteiger partial charge in [0.15, 0.2) is 0 Å². The zero-order valence-corrected chi connectivity index (χ0v) is 11.3. The molecule has 2 rings (SSSR count). The predicted octanol–water partition coefficient (Wildman–Crippen LogP) is 1.45. The van der Waals surface area contributed by atoms with Gasteiger partial charge in [0.05, 0.1) is 18.8 Å². The first-order chi connectivity index (χ1) is 9.60. The zero-order chi connectivity index (χ0) is 14.5. The number of benzene rings is 1. The fourth-order valence-electron chi connectivity index (χ4n) is 2.20. The van der Waals surface area contributed by atoms with Gasteiger partial charge in [-0.05, 0) is 19.1 Å². The van der Waals surface area contributed by atoms with Crippen LogP contribution in [0.15, 0.2) is 30.3 Å². The van der Waals surface area contributed by atoms with E-state index in [4.69, 9.17) is 9.84 Å². The van der Waals surface area contributed by atoms with E-state index in [0.29, 0.717) is 18.7 Å². The van der Waals surface area contributed by atoms with Crippen LogP contribution in [-0.4, -0.2) is 47.8 Å². The molecule has 108 valence electrons. The van der Waals surface area contributed by atoms with E-state index >= 15 is 0 Å². The number of ether oxygens (including phenoxy) is 1. The van der Waals surface area contributed by atoms with E-state index in [1.807, 2.05) is 6.92 Å². The van der Waals surface area contributed by atoms with Crippen molar-refractivity contribution in [3.05, 3.63) is 41.7 Å². The number of aliphatic hydroxyl groups excluding tert-OH is 1. The molecule has 0 aromatic heterocycles. The maximum absolute atomic E-state index is 13.4. The molecule has 2 atom stereocenters. The SMILES string of the molecule is CC1CN(C(=O)/C=C/c2ccccc2F)CC(CO)O1. The van der Waals surface area contributed by atoms with Crippen LogP contribution in [-0.2, 0) is 9.53 Å². The van der Waals surface area contributed by atoms with Crippen molar-refractivity contribution < 1.29 is 19.0 Å². The molecule has 0 bridgehead atoms. The van der Waals surface area contributed by atoms with E-state index in [1.165, 1.54) is 18.2 Å². The minimum Gasteiger partial charge on any atom is -0.394 e. The van der Waals surface area contributed by atoms with Crippen molar-refractivity contribution in [2.24, 2.45) is 0 Å². The van der Waals surface area contributed by atoms with Gasteiger partial charge in [0.1, 0.15) is 5.82 Å². The second-order valence-electron chi connectivity index (χ2n) is 4.85. The van der Waals surface area contributed by atoms with Gasteiger partial charge in [-0.25, -0.2) is 4.39 Å². The molecule has 1 saturated heterocycles. The lowest BCUT2D eigenvalue weighted by molar-refractivity contribution is -0.142. The summed E-state index contributed by atoms with van der Waals surface area (Å²) in [7, 11) is 0. The van der Waals surface area contributed by atoms with Crippen molar-refractivity contribution in [3.63, 3.8) is 0 Å². The Hall–Kier alpha value is -1.72. The van der Waals surface area contributed by atoms with Crippen LogP contribution in [0.5, 0.6) is 0 Å². The molecule has 4 nitrogen and oxygen atoms in total. The van der Waals surface area contributed by atoms with Crippen molar-refractivity contribution in [1.29, 1.82) is 0 Å². The third-order valence-corrected chi connectivity index (χ3v) is 3.15. The van der Waals surface area contributed by atoms with Crippen LogP contribution < -0.4 is 0 Å². The summed E-state index contributed by atoms with van der Waals surface area (Å²) >= 11 is 0. The molecule has 1 fully saturated rings. The van der Waals surface area contributed by atoms with Crippen LogP contribution in [0.2, 0.25) is 0 Å². The van der Waals surface area contributed by atoms with Crippen molar-refractivity contribution in [2.75, 3.05) is 19.7 Å². The van der Waals surface area contributed by atoms with E-state index in [-0.39, 0.29) is 30.5 Å². The average molecular weight is 279 g/mol. The summed E-state index contributed by atoms with van der Waals surface area (Å²) in [4.78, 5) is 13.7. The summed E-state index contributed by atoms with van der Waals surface area (Å²) in [5, 5.41) is 9.12. The number of hydrogen-bond acceptors (Lipinski definition) is 3. The Morgan fingerprint density at radius 3 is 2.95 bits per heavy atom. The van der Waals surface area contributed by atoms with Crippen LogP contribution in [0.1, 0.15) is 12.5 Å². The quantitative estimate of drug-likeness (QED) is 0.852. The Morgan fingerprint density at radius 2 is 2.25 bits per heavy atom. The number of amides is 1. The highest BCUT2D eigenvalue weighted by molar-refractivity contribution is 5.91. The van der Waals surface area contributed by atoms with Crippen LogP contribution in [0.4, 0.5) is 4.39 Å². The molecular weight excluding hydrogens is 261 g/mol. The highest BCUT2D eigenvalue weighted by Crippen LogP contribution is 2.13. The van der Waals surface area contributed by atoms with Gasteiger partial charge in [0, 0.05) is 24.7 Å². The molecule has 0 aliphatic carbocycles. The van der Waals surface area contributed by atoms with Crippen LogP contribution in [0.25, 0.3) is 6.08 Å². The molecule has 1 N–H and O–H groups in total. The van der Waals surface area contributed by atoms with Crippen molar-refractivity contribution in [2.45, 2.75) is 19.1 Å². The predicted molar refractivity (Wildman–Crippen MR) is 73.4 cm³/mol. The van der Waals surface area contributed by atoms with Gasteiger partial charge in [-0.2, -0.15) is 0 Å². The lowest BCUT2D eigenvalue weighted by atomic mass is 10.2. The lowest BCUT2D eigenvalue weighted by Gasteiger charge is -2.35. The van der Waals surface area contributed by atoms with Crippen molar-refractivity contribution in [1.82, 2.24) is 4.90 Å². The summed E-state index contributed by atoms with van der Waals surface area (Å²) in [5.41, 5.74) is 0.376. The standard InChI is InChI=1S/C15H18FNO3/c1-11-8-17(9-13(10-18)20-11)15(19)7-6-12-4-2-3-5-14(12)16/h2-7,11,13,18H,8-10H2,1H3/b7-6+. The smallest absolute Gasteiger partial charge is 0.246 e. The van der Waals surface area contributed by atoms with Crippen molar-refractivity contribution >= 4 is 12.0 Å². The second kappa shape index (κ2) is 6.63. The fourth-order valence-corrected chi connectivity index (χ4v) is 2.20. The zero-order valence-electron chi connectivity index (χ0n) is 11.3. The Labute approximate surface area is 117 Å². The van der Waals surface area contributed by atoms with Gasteiger partial charge in [-0.1, -0.05) is 18.2 Å². The maximum atomic E-state index is 13.4. The monoisotopic (exact) mass is 279 g/mol. The molecule has 1 aliphatic heterocycles. The van der Waals surface area contributed by atoms with E-state index in [0.717, 1.165) is 0 Å². The molecule has 1 amide bonds. The number of nitrogens with zero attached hydrogens (tertiary/aromatic N) is 1. The molecule has 0 saturated carbocycles. The van der Waals surface area contributed by atoms with E-state index in [1.54, 1.807) is 23.1 Å². The third-order valence-electron chi connectivity index (χ3n) is 3.15. The molecule has 1 aromatic carbocycles. The summed E-state index contributed by atoms with van der Waals surface area (Å²) in [6.45, 7) is 2.55. The highest BCUT2D eigenvalue weighted by atomic mass is 19.1. The van der Waals surface area contributed by atoms with Gasteiger partial charge in [-0.3, -0.25) is 4.79 Å². The topological polar surface area (TPSA) is 49.8 Å². The molecule has 0 radical (unpaired) electrons.